The van der Waals surface area contributed by atoms with Crippen LogP contribution in [0, 0.1) is 6.92 Å². The zero-order valence-corrected chi connectivity index (χ0v) is 10.1. The van der Waals surface area contributed by atoms with Crippen molar-refractivity contribution in [2.24, 2.45) is 5.73 Å². The quantitative estimate of drug-likeness (QED) is 0.616. The molecule has 2 N–H and O–H groups in total. The van der Waals surface area contributed by atoms with Crippen LogP contribution >= 0.6 is 0 Å². The molecule has 16 heavy (non-hydrogen) atoms. The molecule has 0 aliphatic rings. The second-order valence-electron chi connectivity index (χ2n) is 3.19. The summed E-state index contributed by atoms with van der Waals surface area (Å²) in [5.41, 5.74) is 6.93. The predicted octanol–water partition coefficient (Wildman–Crippen LogP) is 2.41. The van der Waals surface area contributed by atoms with Crippen molar-refractivity contribution in [3.8, 4) is 0 Å². The standard InChI is InChI=1S/C7H8.C6H11NO2/c1-7-5-3-2-4-6-7;1-3-5(4-7)6(8)9-2/h2-6H,1H3;4H,3,7H2,1-2H3. The van der Waals surface area contributed by atoms with Crippen molar-refractivity contribution in [1.82, 2.24) is 0 Å². The predicted molar refractivity (Wildman–Crippen MR) is 65.8 cm³/mol. The van der Waals surface area contributed by atoms with Crippen molar-refractivity contribution in [2.75, 3.05) is 7.11 Å². The molecule has 1 aromatic rings. The first kappa shape index (κ1) is 14.2. The first-order valence-electron chi connectivity index (χ1n) is 5.16. The first-order chi connectivity index (χ1) is 7.65. The van der Waals surface area contributed by atoms with E-state index in [4.69, 9.17) is 5.73 Å². The Morgan fingerprint density at radius 3 is 2.12 bits per heavy atom. The molecule has 1 aromatic carbocycles. The minimum atomic E-state index is -0.347. The van der Waals surface area contributed by atoms with E-state index in [1.807, 2.05) is 25.1 Å². The van der Waals surface area contributed by atoms with Gasteiger partial charge in [-0.25, -0.2) is 4.79 Å². The van der Waals surface area contributed by atoms with Crippen LogP contribution in [-0.2, 0) is 9.53 Å². The summed E-state index contributed by atoms with van der Waals surface area (Å²) in [4.78, 5) is 10.6. The molecule has 0 saturated heterocycles. The van der Waals surface area contributed by atoms with Crippen LogP contribution in [0.2, 0.25) is 0 Å². The Morgan fingerprint density at radius 1 is 1.38 bits per heavy atom. The van der Waals surface area contributed by atoms with Gasteiger partial charge in [0.25, 0.3) is 0 Å². The summed E-state index contributed by atoms with van der Waals surface area (Å²) >= 11 is 0. The van der Waals surface area contributed by atoms with Crippen molar-refractivity contribution < 1.29 is 9.53 Å². The van der Waals surface area contributed by atoms with Gasteiger partial charge in [-0.2, -0.15) is 0 Å². The molecule has 3 heteroatoms. The lowest BCUT2D eigenvalue weighted by Crippen LogP contribution is -2.05. The molecule has 88 valence electrons. The Kier molecular flexibility index (Phi) is 7.59. The van der Waals surface area contributed by atoms with Crippen LogP contribution in [0.3, 0.4) is 0 Å². The molecule has 0 fully saturated rings. The molecule has 0 radical (unpaired) electrons. The summed E-state index contributed by atoms with van der Waals surface area (Å²) in [5, 5.41) is 0. The maximum Gasteiger partial charge on any atom is 0.335 e. The average Bonchev–Trinajstić information content (AvgIpc) is 2.32. The molecule has 0 bridgehead atoms. The number of ether oxygens (including phenoxy) is 1. The van der Waals surface area contributed by atoms with Crippen LogP contribution < -0.4 is 5.73 Å². The third-order valence-electron chi connectivity index (χ3n) is 1.97. The Balaban J connectivity index is 0.000000288. The smallest absolute Gasteiger partial charge is 0.335 e. The van der Waals surface area contributed by atoms with E-state index in [0.717, 1.165) is 0 Å². The van der Waals surface area contributed by atoms with Crippen LogP contribution in [0.25, 0.3) is 0 Å². The molecule has 0 saturated carbocycles. The molecule has 3 nitrogen and oxygen atoms in total. The molecule has 0 amide bonds. The van der Waals surface area contributed by atoms with Gasteiger partial charge in [-0.1, -0.05) is 42.8 Å². The third-order valence-corrected chi connectivity index (χ3v) is 1.97. The molecule has 0 aliphatic carbocycles. The molecular weight excluding hydrogens is 202 g/mol. The van der Waals surface area contributed by atoms with Crippen LogP contribution in [0.4, 0.5) is 0 Å². The maximum absolute atomic E-state index is 10.6. The molecule has 0 atom stereocenters. The lowest BCUT2D eigenvalue weighted by Gasteiger charge is -1.97. The number of rotatable bonds is 2. The topological polar surface area (TPSA) is 52.3 Å². The van der Waals surface area contributed by atoms with Crippen LogP contribution in [-0.4, -0.2) is 13.1 Å². The highest BCUT2D eigenvalue weighted by Gasteiger charge is 2.03. The summed E-state index contributed by atoms with van der Waals surface area (Å²) in [6.07, 6.45) is 1.88. The van der Waals surface area contributed by atoms with Crippen molar-refractivity contribution in [3.63, 3.8) is 0 Å². The Labute approximate surface area is 96.9 Å². The third kappa shape index (κ3) is 5.86. The number of benzene rings is 1. The highest BCUT2D eigenvalue weighted by Crippen LogP contribution is 1.99. The number of hydrogen-bond acceptors (Lipinski definition) is 3. The fourth-order valence-electron chi connectivity index (χ4n) is 0.996. The monoisotopic (exact) mass is 221 g/mol. The van der Waals surface area contributed by atoms with Gasteiger partial charge in [0.05, 0.1) is 12.7 Å². The van der Waals surface area contributed by atoms with E-state index in [1.54, 1.807) is 0 Å². The molecule has 0 aliphatic heterocycles. The zero-order valence-electron chi connectivity index (χ0n) is 10.1. The normalized spacial score (nSPS) is 10.1. The number of carbonyl (C=O) groups excluding carboxylic acids is 1. The van der Waals surface area contributed by atoms with Crippen LogP contribution in [0.15, 0.2) is 42.1 Å². The summed E-state index contributed by atoms with van der Waals surface area (Å²) in [5.74, 6) is -0.347. The molecule has 0 heterocycles. The Morgan fingerprint density at radius 2 is 1.94 bits per heavy atom. The number of methoxy groups -OCH3 is 1. The van der Waals surface area contributed by atoms with E-state index in [0.29, 0.717) is 12.0 Å². The van der Waals surface area contributed by atoms with Gasteiger partial charge < -0.3 is 10.5 Å². The van der Waals surface area contributed by atoms with Crippen molar-refractivity contribution in [1.29, 1.82) is 0 Å². The number of nitrogens with two attached hydrogens (primary N) is 1. The second kappa shape index (κ2) is 8.53. The zero-order chi connectivity index (χ0) is 12.4. The summed E-state index contributed by atoms with van der Waals surface area (Å²) in [6, 6.07) is 10.3. The van der Waals surface area contributed by atoms with Crippen LogP contribution in [0.1, 0.15) is 18.9 Å². The summed E-state index contributed by atoms with van der Waals surface area (Å²) in [6.45, 7) is 3.93. The summed E-state index contributed by atoms with van der Waals surface area (Å²) in [7, 11) is 1.33. The van der Waals surface area contributed by atoms with Gasteiger partial charge >= 0.3 is 5.97 Å². The van der Waals surface area contributed by atoms with Crippen molar-refractivity contribution in [2.45, 2.75) is 20.3 Å². The lowest BCUT2D eigenvalue weighted by molar-refractivity contribution is -0.136. The van der Waals surface area contributed by atoms with E-state index in [2.05, 4.69) is 23.8 Å². The Bertz CT molecular complexity index is 331. The second-order valence-corrected chi connectivity index (χ2v) is 3.19. The molecule has 0 aromatic heterocycles. The minimum Gasteiger partial charge on any atom is -0.466 e. The molecular formula is C13H19NO2. The van der Waals surface area contributed by atoms with E-state index < -0.39 is 0 Å². The Hall–Kier alpha value is -1.77. The van der Waals surface area contributed by atoms with E-state index in [9.17, 15) is 4.79 Å². The SMILES string of the molecule is CCC(=CN)C(=O)OC.Cc1ccccc1. The highest BCUT2D eigenvalue weighted by molar-refractivity contribution is 5.87. The average molecular weight is 221 g/mol. The van der Waals surface area contributed by atoms with Crippen molar-refractivity contribution >= 4 is 5.97 Å². The highest BCUT2D eigenvalue weighted by atomic mass is 16.5. The van der Waals surface area contributed by atoms with Gasteiger partial charge in [-0.05, 0) is 13.3 Å². The number of aryl methyl sites for hydroxylation is 1. The van der Waals surface area contributed by atoms with Gasteiger partial charge in [0.1, 0.15) is 0 Å². The fraction of sp³-hybridized carbons (Fsp3) is 0.308. The molecule has 0 spiro atoms. The number of esters is 1. The van der Waals surface area contributed by atoms with Gasteiger partial charge in [-0.15, -0.1) is 0 Å². The molecule has 0 unspecified atom stereocenters. The van der Waals surface area contributed by atoms with Gasteiger partial charge in [-0.3, -0.25) is 0 Å². The summed E-state index contributed by atoms with van der Waals surface area (Å²) < 4.78 is 4.41. The van der Waals surface area contributed by atoms with E-state index >= 15 is 0 Å². The van der Waals surface area contributed by atoms with E-state index in [-0.39, 0.29) is 5.97 Å². The number of hydrogen-bond donors (Lipinski definition) is 1. The largest absolute Gasteiger partial charge is 0.466 e. The fourth-order valence-corrected chi connectivity index (χ4v) is 0.996. The van der Waals surface area contributed by atoms with Gasteiger partial charge in [0, 0.05) is 6.20 Å². The van der Waals surface area contributed by atoms with Gasteiger partial charge in [0.15, 0.2) is 0 Å². The van der Waals surface area contributed by atoms with Crippen LogP contribution in [0.5, 0.6) is 0 Å². The lowest BCUT2D eigenvalue weighted by atomic mass is 10.2. The first-order valence-corrected chi connectivity index (χ1v) is 5.16. The number of carbonyl (C=O) groups is 1. The van der Waals surface area contributed by atoms with Gasteiger partial charge in [0.2, 0.25) is 0 Å². The molecule has 1 rings (SSSR count). The van der Waals surface area contributed by atoms with E-state index in [1.165, 1.54) is 18.9 Å². The van der Waals surface area contributed by atoms with Crippen molar-refractivity contribution in [3.05, 3.63) is 47.7 Å². The maximum atomic E-state index is 10.6. The minimum absolute atomic E-state index is 0.347.